The van der Waals surface area contributed by atoms with E-state index in [1.165, 1.54) is 0 Å². The zero-order chi connectivity index (χ0) is 15.5. The van der Waals surface area contributed by atoms with Crippen LogP contribution in [-0.2, 0) is 11.3 Å². The van der Waals surface area contributed by atoms with Gasteiger partial charge in [-0.3, -0.25) is 9.55 Å². The van der Waals surface area contributed by atoms with E-state index in [1.807, 2.05) is 44.4 Å². The van der Waals surface area contributed by atoms with Gasteiger partial charge in [0.1, 0.15) is 5.60 Å². The molecule has 0 saturated carbocycles. The summed E-state index contributed by atoms with van der Waals surface area (Å²) in [4.78, 5) is 20.1. The number of aromatic nitrogens is 3. The number of ether oxygens (including phenoxy) is 1. The summed E-state index contributed by atoms with van der Waals surface area (Å²) in [6, 6.07) is 3.83. The Hall–Kier alpha value is -2.37. The monoisotopic (exact) mass is 288 g/mol. The average molecular weight is 288 g/mol. The number of rotatable bonds is 3. The van der Waals surface area contributed by atoms with E-state index in [0.29, 0.717) is 6.54 Å². The van der Waals surface area contributed by atoms with Crippen molar-refractivity contribution in [1.82, 2.24) is 19.9 Å². The number of amides is 1. The normalized spacial score (nSPS) is 11.2. The summed E-state index contributed by atoms with van der Waals surface area (Å²) in [6.45, 7) is 7.76. The highest BCUT2D eigenvalue weighted by molar-refractivity contribution is 5.67. The molecule has 2 aromatic heterocycles. The quantitative estimate of drug-likeness (QED) is 0.942. The highest BCUT2D eigenvalue weighted by Crippen LogP contribution is 2.14. The molecule has 1 amide bonds. The van der Waals surface area contributed by atoms with Crippen LogP contribution in [0.15, 0.2) is 30.9 Å². The number of aryl methyl sites for hydroxylation is 1. The fourth-order valence-corrected chi connectivity index (χ4v) is 1.88. The molecule has 0 bridgehead atoms. The largest absolute Gasteiger partial charge is 0.444 e. The van der Waals surface area contributed by atoms with E-state index < -0.39 is 11.7 Å². The smallest absolute Gasteiger partial charge is 0.407 e. The first-order valence-corrected chi connectivity index (χ1v) is 6.77. The van der Waals surface area contributed by atoms with Crippen molar-refractivity contribution >= 4 is 6.09 Å². The molecule has 0 atom stereocenters. The number of carbonyl (C=O) groups is 1. The van der Waals surface area contributed by atoms with E-state index in [-0.39, 0.29) is 0 Å². The van der Waals surface area contributed by atoms with Crippen molar-refractivity contribution in [2.45, 2.75) is 39.8 Å². The van der Waals surface area contributed by atoms with Gasteiger partial charge in [0, 0.05) is 6.20 Å². The van der Waals surface area contributed by atoms with Crippen molar-refractivity contribution in [3.63, 3.8) is 0 Å². The number of hydrogen-bond acceptors (Lipinski definition) is 4. The predicted octanol–water partition coefficient (Wildman–Crippen LogP) is 2.60. The number of alkyl carbamates (subject to hydrolysis) is 1. The molecular weight excluding hydrogens is 268 g/mol. The second kappa shape index (κ2) is 5.95. The van der Waals surface area contributed by atoms with Crippen molar-refractivity contribution in [2.75, 3.05) is 0 Å². The maximum Gasteiger partial charge on any atom is 0.407 e. The molecular formula is C15H20N4O2. The molecule has 1 N–H and O–H groups in total. The molecule has 0 aliphatic rings. The van der Waals surface area contributed by atoms with Crippen LogP contribution < -0.4 is 5.32 Å². The molecule has 2 aromatic rings. The molecule has 0 unspecified atom stereocenters. The minimum atomic E-state index is -0.510. The van der Waals surface area contributed by atoms with Gasteiger partial charge in [-0.15, -0.1) is 0 Å². The van der Waals surface area contributed by atoms with Gasteiger partial charge in [0.25, 0.3) is 0 Å². The molecule has 6 nitrogen and oxygen atoms in total. The molecule has 6 heteroatoms. The van der Waals surface area contributed by atoms with Crippen LogP contribution in [-0.4, -0.2) is 26.2 Å². The second-order valence-corrected chi connectivity index (χ2v) is 5.72. The van der Waals surface area contributed by atoms with E-state index in [9.17, 15) is 4.79 Å². The van der Waals surface area contributed by atoms with Crippen LogP contribution in [0.1, 0.15) is 32.2 Å². The lowest BCUT2D eigenvalue weighted by Gasteiger charge is -2.19. The Labute approximate surface area is 124 Å². The second-order valence-electron chi connectivity index (χ2n) is 5.72. The lowest BCUT2D eigenvalue weighted by atomic mass is 10.2. The summed E-state index contributed by atoms with van der Waals surface area (Å²) in [6.07, 6.45) is 4.71. The summed E-state index contributed by atoms with van der Waals surface area (Å²) in [7, 11) is 0. The minimum Gasteiger partial charge on any atom is -0.444 e. The number of nitrogens with zero attached hydrogens (tertiary/aromatic N) is 3. The van der Waals surface area contributed by atoms with Gasteiger partial charge in [-0.1, -0.05) is 0 Å². The highest BCUT2D eigenvalue weighted by atomic mass is 16.6. The Balaban J connectivity index is 2.08. The molecule has 112 valence electrons. The summed E-state index contributed by atoms with van der Waals surface area (Å²) < 4.78 is 7.12. The average Bonchev–Trinajstić information content (AvgIpc) is 2.83. The molecule has 0 aliphatic heterocycles. The number of imidazole rings is 1. The first-order chi connectivity index (χ1) is 9.87. The van der Waals surface area contributed by atoms with Crippen molar-refractivity contribution in [3.8, 4) is 5.69 Å². The summed E-state index contributed by atoms with van der Waals surface area (Å²) in [5.74, 6) is 0. The molecule has 0 radical (unpaired) electrons. The Kier molecular flexibility index (Phi) is 4.26. The van der Waals surface area contributed by atoms with E-state index in [4.69, 9.17) is 4.74 Å². The van der Waals surface area contributed by atoms with Crippen LogP contribution in [0.2, 0.25) is 0 Å². The molecule has 0 spiro atoms. The molecule has 2 heterocycles. The van der Waals surface area contributed by atoms with Gasteiger partial charge in [-0.2, -0.15) is 0 Å². The Bertz CT molecular complexity index is 629. The van der Waals surface area contributed by atoms with Crippen LogP contribution in [0.25, 0.3) is 5.69 Å². The third-order valence-electron chi connectivity index (χ3n) is 2.77. The molecule has 0 saturated heterocycles. The van der Waals surface area contributed by atoms with Crippen LogP contribution in [0.3, 0.4) is 0 Å². The molecule has 2 rings (SSSR count). The number of hydrogen-bond donors (Lipinski definition) is 1. The van der Waals surface area contributed by atoms with Gasteiger partial charge in [0.05, 0.1) is 36.1 Å². The van der Waals surface area contributed by atoms with E-state index >= 15 is 0 Å². The molecule has 21 heavy (non-hydrogen) atoms. The summed E-state index contributed by atoms with van der Waals surface area (Å²) in [5.41, 5.74) is 2.19. The zero-order valence-corrected chi connectivity index (χ0v) is 12.8. The fraction of sp³-hybridized carbons (Fsp3) is 0.400. The zero-order valence-electron chi connectivity index (χ0n) is 12.8. The lowest BCUT2D eigenvalue weighted by molar-refractivity contribution is 0.0522. The lowest BCUT2D eigenvalue weighted by Crippen LogP contribution is -2.32. The topological polar surface area (TPSA) is 69.0 Å². The van der Waals surface area contributed by atoms with Crippen LogP contribution >= 0.6 is 0 Å². The van der Waals surface area contributed by atoms with E-state index in [0.717, 1.165) is 17.1 Å². The SMILES string of the molecule is Cc1ncccc1-n1cncc1CNC(=O)OC(C)(C)C. The van der Waals surface area contributed by atoms with Gasteiger partial charge in [0.2, 0.25) is 0 Å². The Morgan fingerprint density at radius 2 is 2.19 bits per heavy atom. The predicted molar refractivity (Wildman–Crippen MR) is 79.2 cm³/mol. The van der Waals surface area contributed by atoms with Gasteiger partial charge in [-0.05, 0) is 39.8 Å². The van der Waals surface area contributed by atoms with Crippen molar-refractivity contribution < 1.29 is 9.53 Å². The standard InChI is InChI=1S/C15H20N4O2/c1-11-13(6-5-7-17-11)19-10-16-8-12(19)9-18-14(20)21-15(2,3)4/h5-8,10H,9H2,1-4H3,(H,18,20). The van der Waals surface area contributed by atoms with Crippen molar-refractivity contribution in [1.29, 1.82) is 0 Å². The van der Waals surface area contributed by atoms with Gasteiger partial charge in [-0.25, -0.2) is 9.78 Å². The fourth-order valence-electron chi connectivity index (χ4n) is 1.88. The maximum atomic E-state index is 11.7. The molecule has 0 aromatic carbocycles. The third kappa shape index (κ3) is 4.05. The number of carbonyl (C=O) groups excluding carboxylic acids is 1. The number of nitrogens with one attached hydrogen (secondary N) is 1. The first kappa shape index (κ1) is 15.0. The van der Waals surface area contributed by atoms with Crippen molar-refractivity contribution in [3.05, 3.63) is 42.2 Å². The maximum absolute atomic E-state index is 11.7. The van der Waals surface area contributed by atoms with Crippen LogP contribution in [0.5, 0.6) is 0 Å². The van der Waals surface area contributed by atoms with Gasteiger partial charge < -0.3 is 10.1 Å². The van der Waals surface area contributed by atoms with Crippen LogP contribution in [0, 0.1) is 6.92 Å². The first-order valence-electron chi connectivity index (χ1n) is 6.77. The number of pyridine rings is 1. The van der Waals surface area contributed by atoms with Gasteiger partial charge >= 0.3 is 6.09 Å². The van der Waals surface area contributed by atoms with E-state index in [2.05, 4.69) is 15.3 Å². The Morgan fingerprint density at radius 1 is 1.43 bits per heavy atom. The summed E-state index contributed by atoms with van der Waals surface area (Å²) >= 11 is 0. The van der Waals surface area contributed by atoms with E-state index in [1.54, 1.807) is 18.7 Å². The highest BCUT2D eigenvalue weighted by Gasteiger charge is 2.16. The van der Waals surface area contributed by atoms with Crippen molar-refractivity contribution in [2.24, 2.45) is 0 Å². The molecule has 0 aliphatic carbocycles. The Morgan fingerprint density at radius 3 is 2.86 bits per heavy atom. The molecule has 0 fully saturated rings. The van der Waals surface area contributed by atoms with Gasteiger partial charge in [0.15, 0.2) is 0 Å². The third-order valence-corrected chi connectivity index (χ3v) is 2.77. The minimum absolute atomic E-state index is 0.337. The van der Waals surface area contributed by atoms with Crippen LogP contribution in [0.4, 0.5) is 4.79 Å². The summed E-state index contributed by atoms with van der Waals surface area (Å²) in [5, 5.41) is 2.73.